The fourth-order valence-corrected chi connectivity index (χ4v) is 3.92. The van der Waals surface area contributed by atoms with Gasteiger partial charge in [-0.25, -0.2) is 4.79 Å². The Morgan fingerprint density at radius 1 is 1.18 bits per heavy atom. The van der Waals surface area contributed by atoms with Gasteiger partial charge in [-0.1, -0.05) is 42.8 Å². The maximum absolute atomic E-state index is 12.3. The summed E-state index contributed by atoms with van der Waals surface area (Å²) in [7, 11) is 0. The number of nitrogens with one attached hydrogen (secondary N) is 1. The lowest BCUT2D eigenvalue weighted by Crippen LogP contribution is -2.34. The van der Waals surface area contributed by atoms with E-state index in [1.165, 1.54) is 19.3 Å². The highest BCUT2D eigenvalue weighted by atomic mass is 16.5. The highest BCUT2D eigenvalue weighted by Crippen LogP contribution is 2.30. The van der Waals surface area contributed by atoms with Crippen molar-refractivity contribution in [3.8, 4) is 5.75 Å². The van der Waals surface area contributed by atoms with E-state index in [4.69, 9.17) is 4.74 Å². The summed E-state index contributed by atoms with van der Waals surface area (Å²) in [5.74, 6) is -0.0937. The highest BCUT2D eigenvalue weighted by molar-refractivity contribution is 5.98. The molecule has 0 atom stereocenters. The van der Waals surface area contributed by atoms with Crippen LogP contribution in [0.5, 0.6) is 5.75 Å². The van der Waals surface area contributed by atoms with Gasteiger partial charge in [0.05, 0.1) is 13.2 Å². The molecule has 146 valence electrons. The largest absolute Gasteiger partial charge is 0.494 e. The Labute approximate surface area is 164 Å². The van der Waals surface area contributed by atoms with Crippen molar-refractivity contribution in [3.63, 3.8) is 0 Å². The predicted octanol–water partition coefficient (Wildman–Crippen LogP) is 4.43. The Hall–Kier alpha value is -2.79. The third-order valence-electron chi connectivity index (χ3n) is 5.55. The number of aromatic nitrogens is 1. The number of carbonyl (C=O) groups is 1. The number of hydrogen-bond donors (Lipinski definition) is 2. The van der Waals surface area contributed by atoms with E-state index in [2.05, 4.69) is 5.32 Å². The number of aromatic carboxylic acids is 1. The molecular formula is C23H26N2O3. The molecule has 5 heteroatoms. The lowest BCUT2D eigenvalue weighted by molar-refractivity contribution is 0.0684. The molecule has 4 rings (SSSR count). The van der Waals surface area contributed by atoms with Crippen LogP contribution in [0.2, 0.25) is 0 Å². The maximum atomic E-state index is 12.3. The third kappa shape index (κ3) is 3.50. The molecule has 0 saturated heterocycles. The van der Waals surface area contributed by atoms with Gasteiger partial charge in [-0.15, -0.1) is 0 Å². The van der Waals surface area contributed by atoms with Crippen LogP contribution in [0.3, 0.4) is 0 Å². The zero-order chi connectivity index (χ0) is 19.5. The molecule has 2 N–H and O–H groups in total. The summed E-state index contributed by atoms with van der Waals surface area (Å²) in [5.41, 5.74) is 3.14. The average Bonchev–Trinajstić information content (AvgIpc) is 2.96. The average molecular weight is 378 g/mol. The summed E-state index contributed by atoms with van der Waals surface area (Å²) in [6, 6.07) is 16.3. The SMILES string of the molecule is CCOc1ccccc1Cn1c(C(=O)O)c(CNC2CCC2)c2ccccc21. The van der Waals surface area contributed by atoms with Crippen LogP contribution >= 0.6 is 0 Å². The van der Waals surface area contributed by atoms with Crippen molar-refractivity contribution >= 4 is 16.9 Å². The molecule has 0 amide bonds. The van der Waals surface area contributed by atoms with Crippen molar-refractivity contribution in [1.29, 1.82) is 0 Å². The normalized spacial score (nSPS) is 14.2. The molecule has 5 nitrogen and oxygen atoms in total. The van der Waals surface area contributed by atoms with E-state index in [0.29, 0.717) is 31.4 Å². The molecule has 1 fully saturated rings. The highest BCUT2D eigenvalue weighted by Gasteiger charge is 2.24. The zero-order valence-corrected chi connectivity index (χ0v) is 16.1. The van der Waals surface area contributed by atoms with Gasteiger partial charge < -0.3 is 19.7 Å². The molecule has 1 saturated carbocycles. The van der Waals surface area contributed by atoms with Crippen molar-refractivity contribution in [1.82, 2.24) is 9.88 Å². The summed E-state index contributed by atoms with van der Waals surface area (Å²) in [6.45, 7) is 3.56. The molecule has 0 unspecified atom stereocenters. The number of rotatable bonds is 8. The van der Waals surface area contributed by atoms with Gasteiger partial charge in [0.25, 0.3) is 0 Å². The number of carboxylic acids is 1. The van der Waals surface area contributed by atoms with Crippen molar-refractivity contribution < 1.29 is 14.6 Å². The molecule has 1 aromatic heterocycles. The molecule has 1 aliphatic rings. The first-order valence-corrected chi connectivity index (χ1v) is 9.96. The predicted molar refractivity (Wildman–Crippen MR) is 110 cm³/mol. The van der Waals surface area contributed by atoms with Crippen LogP contribution in [0, 0.1) is 0 Å². The van der Waals surface area contributed by atoms with Crippen molar-refractivity contribution in [2.24, 2.45) is 0 Å². The molecule has 3 aromatic rings. The number of fused-ring (bicyclic) bond motifs is 1. The van der Waals surface area contributed by atoms with Gasteiger partial charge >= 0.3 is 5.97 Å². The smallest absolute Gasteiger partial charge is 0.352 e. The van der Waals surface area contributed by atoms with Gasteiger partial charge in [0.2, 0.25) is 0 Å². The Bertz CT molecular complexity index is 989. The number of hydrogen-bond acceptors (Lipinski definition) is 3. The number of ether oxygens (including phenoxy) is 1. The molecular weight excluding hydrogens is 352 g/mol. The number of benzene rings is 2. The first-order chi connectivity index (χ1) is 13.7. The van der Waals surface area contributed by atoms with Gasteiger partial charge in [-0.2, -0.15) is 0 Å². The van der Waals surface area contributed by atoms with Crippen LogP contribution < -0.4 is 10.1 Å². The van der Waals surface area contributed by atoms with Gasteiger partial charge in [-0.05, 0) is 31.9 Å². The quantitative estimate of drug-likeness (QED) is 0.609. The number of carboxylic acid groups (broad SMARTS) is 1. The van der Waals surface area contributed by atoms with E-state index in [9.17, 15) is 9.90 Å². The molecule has 28 heavy (non-hydrogen) atoms. The van der Waals surface area contributed by atoms with Crippen LogP contribution in [0.15, 0.2) is 48.5 Å². The zero-order valence-electron chi connectivity index (χ0n) is 16.1. The lowest BCUT2D eigenvalue weighted by atomic mass is 9.93. The number of para-hydroxylation sites is 2. The Kier molecular flexibility index (Phi) is 5.35. The standard InChI is InChI=1S/C23H26N2O3/c1-2-28-21-13-6-3-8-16(21)15-25-20-12-5-4-11-18(20)19(22(25)23(26)27)14-24-17-9-7-10-17/h3-6,8,11-13,17,24H,2,7,9-10,14-15H2,1H3,(H,26,27). The van der Waals surface area contributed by atoms with Gasteiger partial charge in [-0.3, -0.25) is 0 Å². The molecule has 1 aliphatic carbocycles. The summed E-state index contributed by atoms with van der Waals surface area (Å²) in [5, 5.41) is 14.6. The van der Waals surface area contributed by atoms with Gasteiger partial charge in [0.15, 0.2) is 0 Å². The second-order valence-corrected chi connectivity index (χ2v) is 7.29. The van der Waals surface area contributed by atoms with E-state index < -0.39 is 5.97 Å². The molecule has 0 bridgehead atoms. The van der Waals surface area contributed by atoms with Crippen molar-refractivity contribution in [3.05, 3.63) is 65.4 Å². The fourth-order valence-electron chi connectivity index (χ4n) is 3.92. The van der Waals surface area contributed by atoms with E-state index in [1.54, 1.807) is 0 Å². The fraction of sp³-hybridized carbons (Fsp3) is 0.348. The van der Waals surface area contributed by atoms with Crippen molar-refractivity contribution in [2.45, 2.75) is 45.3 Å². The topological polar surface area (TPSA) is 63.5 Å². The van der Waals surface area contributed by atoms with Gasteiger partial charge in [0, 0.05) is 34.6 Å². The van der Waals surface area contributed by atoms with Crippen LogP contribution in [-0.2, 0) is 13.1 Å². The number of nitrogens with zero attached hydrogens (tertiary/aromatic N) is 1. The summed E-state index contributed by atoms with van der Waals surface area (Å²) in [6.07, 6.45) is 3.59. The molecule has 0 spiro atoms. The third-order valence-corrected chi connectivity index (χ3v) is 5.55. The molecule has 0 radical (unpaired) electrons. The van der Waals surface area contributed by atoms with Crippen LogP contribution in [-0.4, -0.2) is 28.3 Å². The Balaban J connectivity index is 1.78. The minimum atomic E-state index is -0.893. The first kappa shape index (κ1) is 18.6. The first-order valence-electron chi connectivity index (χ1n) is 9.96. The Morgan fingerprint density at radius 2 is 1.93 bits per heavy atom. The van der Waals surface area contributed by atoms with Crippen LogP contribution in [0.25, 0.3) is 10.9 Å². The summed E-state index contributed by atoms with van der Waals surface area (Å²) in [4.78, 5) is 12.3. The minimum Gasteiger partial charge on any atom is -0.494 e. The van der Waals surface area contributed by atoms with Crippen LogP contribution in [0.4, 0.5) is 0 Å². The van der Waals surface area contributed by atoms with Gasteiger partial charge in [0.1, 0.15) is 11.4 Å². The minimum absolute atomic E-state index is 0.360. The summed E-state index contributed by atoms with van der Waals surface area (Å²) < 4.78 is 7.67. The molecule has 0 aliphatic heterocycles. The Morgan fingerprint density at radius 3 is 2.64 bits per heavy atom. The monoisotopic (exact) mass is 378 g/mol. The summed E-state index contributed by atoms with van der Waals surface area (Å²) >= 11 is 0. The second-order valence-electron chi connectivity index (χ2n) is 7.29. The lowest BCUT2D eigenvalue weighted by Gasteiger charge is -2.26. The van der Waals surface area contributed by atoms with Crippen molar-refractivity contribution in [2.75, 3.05) is 6.61 Å². The maximum Gasteiger partial charge on any atom is 0.352 e. The molecule has 2 aromatic carbocycles. The molecule has 1 heterocycles. The van der Waals surface area contributed by atoms with E-state index in [-0.39, 0.29) is 0 Å². The van der Waals surface area contributed by atoms with E-state index in [0.717, 1.165) is 27.8 Å². The van der Waals surface area contributed by atoms with Crippen LogP contribution in [0.1, 0.15) is 47.8 Å². The van der Waals surface area contributed by atoms with E-state index >= 15 is 0 Å². The second kappa shape index (κ2) is 8.07. The van der Waals surface area contributed by atoms with E-state index in [1.807, 2.05) is 60.0 Å².